The predicted molar refractivity (Wildman–Crippen MR) is 104 cm³/mol. The summed E-state index contributed by atoms with van der Waals surface area (Å²) in [7, 11) is 0. The molecule has 0 bridgehead atoms. The molecule has 0 fully saturated rings. The van der Waals surface area contributed by atoms with E-state index in [0.29, 0.717) is 16.6 Å². The van der Waals surface area contributed by atoms with E-state index in [1.54, 1.807) is 25.1 Å². The van der Waals surface area contributed by atoms with Crippen molar-refractivity contribution in [3.8, 4) is 5.75 Å². The molecule has 2 amide bonds. The van der Waals surface area contributed by atoms with E-state index in [1.807, 2.05) is 37.3 Å². The molecule has 0 radical (unpaired) electrons. The molecule has 2 aromatic rings. The summed E-state index contributed by atoms with van der Waals surface area (Å²) in [6.45, 7) is 4.08. The molecule has 2 N–H and O–H groups in total. The van der Waals surface area contributed by atoms with Crippen LogP contribution >= 0.6 is 15.9 Å². The van der Waals surface area contributed by atoms with Gasteiger partial charge in [0.05, 0.1) is 18.4 Å². The number of hydrazone groups is 1. The molecule has 2 aromatic carbocycles. The molecule has 1 atom stereocenters. The molecule has 0 heterocycles. The number of hydrogen-bond acceptors (Lipinski definition) is 4. The molecule has 2 rings (SSSR count). The summed E-state index contributed by atoms with van der Waals surface area (Å²) in [6, 6.07) is 13.6. The smallest absolute Gasteiger partial charge is 0.262 e. The first kappa shape index (κ1) is 19.7. The second-order valence-electron chi connectivity index (χ2n) is 5.41. The molecule has 0 spiro atoms. The third-order valence-corrected chi connectivity index (χ3v) is 4.11. The van der Waals surface area contributed by atoms with Crippen molar-refractivity contribution in [3.05, 3.63) is 64.1 Å². The van der Waals surface area contributed by atoms with Crippen molar-refractivity contribution < 1.29 is 14.3 Å². The van der Waals surface area contributed by atoms with E-state index in [2.05, 4.69) is 31.8 Å². The van der Waals surface area contributed by atoms with Gasteiger partial charge >= 0.3 is 0 Å². The van der Waals surface area contributed by atoms with E-state index in [9.17, 15) is 9.59 Å². The Bertz CT molecular complexity index is 808. The van der Waals surface area contributed by atoms with Gasteiger partial charge in [-0.1, -0.05) is 24.3 Å². The van der Waals surface area contributed by atoms with Crippen molar-refractivity contribution in [2.24, 2.45) is 5.10 Å². The maximum Gasteiger partial charge on any atom is 0.262 e. The summed E-state index contributed by atoms with van der Waals surface area (Å²) < 4.78 is 6.07. The highest BCUT2D eigenvalue weighted by Crippen LogP contribution is 2.15. The van der Waals surface area contributed by atoms with Crippen molar-refractivity contribution in [1.29, 1.82) is 0 Å². The first-order chi connectivity index (χ1) is 12.5. The zero-order chi connectivity index (χ0) is 18.9. The molecule has 0 aromatic heterocycles. The van der Waals surface area contributed by atoms with Crippen molar-refractivity contribution in [3.63, 3.8) is 0 Å². The average molecular weight is 418 g/mol. The molecule has 0 aliphatic heterocycles. The van der Waals surface area contributed by atoms with E-state index in [1.165, 1.54) is 6.21 Å². The van der Waals surface area contributed by atoms with Crippen LogP contribution in [0.15, 0.2) is 58.1 Å². The number of nitrogens with one attached hydrogen (secondary N) is 2. The molecule has 0 aliphatic carbocycles. The van der Waals surface area contributed by atoms with E-state index < -0.39 is 11.9 Å². The summed E-state index contributed by atoms with van der Waals surface area (Å²) in [5.41, 5.74) is 3.67. The van der Waals surface area contributed by atoms with Gasteiger partial charge in [-0.15, -0.1) is 0 Å². The highest BCUT2D eigenvalue weighted by Gasteiger charge is 2.17. The van der Waals surface area contributed by atoms with E-state index in [0.717, 1.165) is 11.3 Å². The van der Waals surface area contributed by atoms with Gasteiger partial charge in [-0.05, 0) is 59.6 Å². The quantitative estimate of drug-likeness (QED) is 0.536. The Balaban J connectivity index is 1.90. The third-order valence-electron chi connectivity index (χ3n) is 3.42. The number of carbonyl (C=O) groups excluding carboxylic acids is 2. The van der Waals surface area contributed by atoms with Gasteiger partial charge in [-0.3, -0.25) is 9.59 Å². The first-order valence-corrected chi connectivity index (χ1v) is 8.91. The summed E-state index contributed by atoms with van der Waals surface area (Å²) in [5.74, 6) is -0.0204. The van der Waals surface area contributed by atoms with Gasteiger partial charge in [0, 0.05) is 4.47 Å². The zero-order valence-electron chi connectivity index (χ0n) is 14.5. The summed E-state index contributed by atoms with van der Waals surface area (Å²) in [6.07, 6.45) is 1.52. The van der Waals surface area contributed by atoms with Crippen LogP contribution in [0.1, 0.15) is 29.8 Å². The van der Waals surface area contributed by atoms with Crippen LogP contribution < -0.4 is 15.5 Å². The van der Waals surface area contributed by atoms with E-state index in [4.69, 9.17) is 4.74 Å². The van der Waals surface area contributed by atoms with Crippen LogP contribution in [-0.4, -0.2) is 30.7 Å². The minimum absolute atomic E-state index is 0.339. The Morgan fingerprint density at radius 2 is 2.00 bits per heavy atom. The topological polar surface area (TPSA) is 79.8 Å². The molecule has 0 saturated heterocycles. The molecule has 1 unspecified atom stereocenters. The lowest BCUT2D eigenvalue weighted by molar-refractivity contribution is -0.122. The predicted octanol–water partition coefficient (Wildman–Crippen LogP) is 3.12. The van der Waals surface area contributed by atoms with Crippen molar-refractivity contribution in [2.75, 3.05) is 6.61 Å². The molecular weight excluding hydrogens is 398 g/mol. The van der Waals surface area contributed by atoms with Crippen LogP contribution in [0.5, 0.6) is 5.75 Å². The monoisotopic (exact) mass is 417 g/mol. The second kappa shape index (κ2) is 9.72. The lowest BCUT2D eigenvalue weighted by Gasteiger charge is -2.12. The third kappa shape index (κ3) is 5.70. The van der Waals surface area contributed by atoms with Crippen LogP contribution in [0.25, 0.3) is 0 Å². The van der Waals surface area contributed by atoms with Gasteiger partial charge < -0.3 is 10.1 Å². The minimum Gasteiger partial charge on any atom is -0.494 e. The van der Waals surface area contributed by atoms with Gasteiger partial charge in [-0.25, -0.2) is 5.43 Å². The second-order valence-corrected chi connectivity index (χ2v) is 6.27. The van der Waals surface area contributed by atoms with Gasteiger partial charge in [0.1, 0.15) is 11.8 Å². The van der Waals surface area contributed by atoms with Gasteiger partial charge in [0.2, 0.25) is 0 Å². The van der Waals surface area contributed by atoms with Crippen molar-refractivity contribution >= 4 is 34.0 Å². The van der Waals surface area contributed by atoms with Crippen LogP contribution in [0.3, 0.4) is 0 Å². The van der Waals surface area contributed by atoms with E-state index in [-0.39, 0.29) is 5.91 Å². The molecule has 0 aliphatic rings. The number of hydrogen-bond donors (Lipinski definition) is 2. The zero-order valence-corrected chi connectivity index (χ0v) is 16.1. The Morgan fingerprint density at radius 1 is 1.23 bits per heavy atom. The lowest BCUT2D eigenvalue weighted by atomic mass is 10.2. The highest BCUT2D eigenvalue weighted by molar-refractivity contribution is 9.10. The van der Waals surface area contributed by atoms with Gasteiger partial charge in [0.15, 0.2) is 0 Å². The maximum atomic E-state index is 12.2. The Morgan fingerprint density at radius 3 is 2.73 bits per heavy atom. The van der Waals surface area contributed by atoms with Crippen LogP contribution in [0.2, 0.25) is 0 Å². The summed E-state index contributed by atoms with van der Waals surface area (Å²) in [5, 5.41) is 6.56. The number of amides is 2. The first-order valence-electron chi connectivity index (χ1n) is 8.12. The molecule has 7 heteroatoms. The minimum atomic E-state index is -0.735. The fourth-order valence-electron chi connectivity index (χ4n) is 2.10. The largest absolute Gasteiger partial charge is 0.494 e. The number of halogens is 1. The average Bonchev–Trinajstić information content (AvgIpc) is 2.62. The van der Waals surface area contributed by atoms with Crippen molar-refractivity contribution in [2.45, 2.75) is 19.9 Å². The number of rotatable bonds is 7. The van der Waals surface area contributed by atoms with E-state index >= 15 is 0 Å². The normalized spacial score (nSPS) is 11.8. The Kier molecular flexibility index (Phi) is 7.35. The lowest BCUT2D eigenvalue weighted by Crippen LogP contribution is -2.43. The fraction of sp³-hybridized carbons (Fsp3) is 0.211. The molecule has 0 saturated carbocycles. The Hall–Kier alpha value is -2.67. The van der Waals surface area contributed by atoms with Crippen molar-refractivity contribution in [1.82, 2.24) is 10.7 Å². The molecule has 6 nitrogen and oxygen atoms in total. The van der Waals surface area contributed by atoms with Crippen LogP contribution in [0.4, 0.5) is 0 Å². The fourth-order valence-corrected chi connectivity index (χ4v) is 2.57. The number of benzene rings is 2. The van der Waals surface area contributed by atoms with Crippen LogP contribution in [-0.2, 0) is 4.79 Å². The molecule has 26 heavy (non-hydrogen) atoms. The van der Waals surface area contributed by atoms with Gasteiger partial charge in [-0.2, -0.15) is 5.10 Å². The maximum absolute atomic E-state index is 12.2. The number of nitrogens with zero attached hydrogens (tertiary/aromatic N) is 1. The molecule has 136 valence electrons. The SMILES string of the molecule is CCOc1cccc(C=NNC(=O)C(C)NC(=O)c2ccccc2Br)c1. The van der Waals surface area contributed by atoms with Gasteiger partial charge in [0.25, 0.3) is 11.8 Å². The standard InChI is InChI=1S/C19H20BrN3O3/c1-3-26-15-8-6-7-14(11-15)12-21-23-18(24)13(2)22-19(25)16-9-4-5-10-17(16)20/h4-13H,3H2,1-2H3,(H,22,25)(H,23,24). The highest BCUT2D eigenvalue weighted by atomic mass is 79.9. The summed E-state index contributed by atoms with van der Waals surface area (Å²) in [4.78, 5) is 24.3. The number of carbonyl (C=O) groups is 2. The van der Waals surface area contributed by atoms with Crippen LogP contribution in [0, 0.1) is 0 Å². The number of ether oxygens (including phenoxy) is 1. The summed E-state index contributed by atoms with van der Waals surface area (Å²) >= 11 is 3.31. The Labute approximate surface area is 160 Å². The molecular formula is C19H20BrN3O3.